The molecule has 2 heteroatoms. The first kappa shape index (κ1) is 11.9. The molecular formula is C10H24N2. The highest BCUT2D eigenvalue weighted by Crippen LogP contribution is 2.06. The SMILES string of the molecule is CCN(CC(C)CCN)C(C)C. The minimum absolute atomic E-state index is 0.662. The first-order chi connectivity index (χ1) is 5.61. The van der Waals surface area contributed by atoms with E-state index in [4.69, 9.17) is 5.73 Å². The first-order valence-corrected chi connectivity index (χ1v) is 5.05. The van der Waals surface area contributed by atoms with Gasteiger partial charge in [-0.05, 0) is 39.3 Å². The van der Waals surface area contributed by atoms with Crippen LogP contribution in [-0.2, 0) is 0 Å². The number of nitrogens with zero attached hydrogens (tertiary/aromatic N) is 1. The molecule has 0 radical (unpaired) electrons. The normalized spacial score (nSPS) is 14.2. The van der Waals surface area contributed by atoms with Crippen LogP contribution in [0.25, 0.3) is 0 Å². The molecule has 0 aromatic heterocycles. The lowest BCUT2D eigenvalue weighted by Gasteiger charge is -2.27. The molecule has 0 aromatic rings. The summed E-state index contributed by atoms with van der Waals surface area (Å²) < 4.78 is 0. The summed E-state index contributed by atoms with van der Waals surface area (Å²) in [5.74, 6) is 0.734. The summed E-state index contributed by atoms with van der Waals surface area (Å²) in [4.78, 5) is 2.49. The average molecular weight is 172 g/mol. The van der Waals surface area contributed by atoms with E-state index in [-0.39, 0.29) is 0 Å². The highest BCUT2D eigenvalue weighted by Gasteiger charge is 2.10. The Labute approximate surface area is 77.1 Å². The predicted molar refractivity (Wildman–Crippen MR) is 55.2 cm³/mol. The van der Waals surface area contributed by atoms with Gasteiger partial charge in [-0.15, -0.1) is 0 Å². The average Bonchev–Trinajstić information content (AvgIpc) is 2.00. The zero-order valence-electron chi connectivity index (χ0n) is 9.01. The van der Waals surface area contributed by atoms with E-state index in [0.29, 0.717) is 6.04 Å². The molecule has 1 unspecified atom stereocenters. The van der Waals surface area contributed by atoms with Crippen LogP contribution in [-0.4, -0.2) is 30.6 Å². The molecule has 0 bridgehead atoms. The van der Waals surface area contributed by atoms with Crippen LogP contribution in [0.4, 0.5) is 0 Å². The minimum Gasteiger partial charge on any atom is -0.330 e. The van der Waals surface area contributed by atoms with Crippen LogP contribution in [0, 0.1) is 5.92 Å². The van der Waals surface area contributed by atoms with Crippen molar-refractivity contribution in [2.75, 3.05) is 19.6 Å². The van der Waals surface area contributed by atoms with Crippen molar-refractivity contribution in [3.05, 3.63) is 0 Å². The zero-order chi connectivity index (χ0) is 9.56. The van der Waals surface area contributed by atoms with E-state index in [0.717, 1.165) is 25.4 Å². The number of rotatable bonds is 6. The second-order valence-corrected chi connectivity index (χ2v) is 3.86. The van der Waals surface area contributed by atoms with Crippen molar-refractivity contribution >= 4 is 0 Å². The van der Waals surface area contributed by atoms with Crippen molar-refractivity contribution in [2.45, 2.75) is 40.2 Å². The van der Waals surface area contributed by atoms with Gasteiger partial charge in [0.15, 0.2) is 0 Å². The maximum atomic E-state index is 5.50. The third kappa shape index (κ3) is 4.73. The van der Waals surface area contributed by atoms with Gasteiger partial charge >= 0.3 is 0 Å². The van der Waals surface area contributed by atoms with E-state index in [1.54, 1.807) is 0 Å². The standard InChI is InChI=1S/C10H24N2/c1-5-12(9(2)3)8-10(4)6-7-11/h9-10H,5-8,11H2,1-4H3. The summed E-state index contributed by atoms with van der Waals surface area (Å²) >= 11 is 0. The molecule has 0 fully saturated rings. The quantitative estimate of drug-likeness (QED) is 0.661. The van der Waals surface area contributed by atoms with Crippen LogP contribution in [0.2, 0.25) is 0 Å². The fraction of sp³-hybridized carbons (Fsp3) is 1.00. The van der Waals surface area contributed by atoms with Gasteiger partial charge in [0.1, 0.15) is 0 Å². The van der Waals surface area contributed by atoms with Crippen LogP contribution in [0.3, 0.4) is 0 Å². The molecule has 0 amide bonds. The third-order valence-corrected chi connectivity index (χ3v) is 2.34. The van der Waals surface area contributed by atoms with Gasteiger partial charge in [0.25, 0.3) is 0 Å². The van der Waals surface area contributed by atoms with Gasteiger partial charge in [-0.2, -0.15) is 0 Å². The molecule has 2 N–H and O–H groups in total. The van der Waals surface area contributed by atoms with E-state index in [1.165, 1.54) is 6.54 Å². The van der Waals surface area contributed by atoms with Crippen molar-refractivity contribution in [2.24, 2.45) is 11.7 Å². The molecule has 0 aliphatic carbocycles. The second kappa shape index (κ2) is 6.44. The van der Waals surface area contributed by atoms with Crippen molar-refractivity contribution in [3.63, 3.8) is 0 Å². The summed E-state index contributed by atoms with van der Waals surface area (Å²) in [6, 6.07) is 0.662. The van der Waals surface area contributed by atoms with Crippen molar-refractivity contribution in [1.82, 2.24) is 4.90 Å². The van der Waals surface area contributed by atoms with E-state index < -0.39 is 0 Å². The first-order valence-electron chi connectivity index (χ1n) is 5.05. The Hall–Kier alpha value is -0.0800. The molecule has 1 atom stereocenters. The van der Waals surface area contributed by atoms with E-state index in [9.17, 15) is 0 Å². The van der Waals surface area contributed by atoms with Gasteiger partial charge in [0.2, 0.25) is 0 Å². The molecule has 0 saturated heterocycles. The van der Waals surface area contributed by atoms with Crippen LogP contribution in [0.5, 0.6) is 0 Å². The Morgan fingerprint density at radius 2 is 1.83 bits per heavy atom. The molecule has 0 aliphatic rings. The lowest BCUT2D eigenvalue weighted by molar-refractivity contribution is 0.199. The molecule has 0 rings (SSSR count). The van der Waals surface area contributed by atoms with E-state index in [2.05, 4.69) is 32.6 Å². The third-order valence-electron chi connectivity index (χ3n) is 2.34. The van der Waals surface area contributed by atoms with Crippen LogP contribution in [0.15, 0.2) is 0 Å². The van der Waals surface area contributed by atoms with Gasteiger partial charge in [-0.3, -0.25) is 0 Å². The Bertz CT molecular complexity index is 102. The molecule has 0 aliphatic heterocycles. The van der Waals surface area contributed by atoms with E-state index >= 15 is 0 Å². The van der Waals surface area contributed by atoms with Crippen LogP contribution < -0.4 is 5.73 Å². The number of nitrogens with two attached hydrogens (primary N) is 1. The van der Waals surface area contributed by atoms with Gasteiger partial charge in [-0.25, -0.2) is 0 Å². The molecule has 74 valence electrons. The molecule has 0 spiro atoms. The summed E-state index contributed by atoms with van der Waals surface area (Å²) in [5, 5.41) is 0. The molecule has 0 aromatic carbocycles. The Morgan fingerprint density at radius 3 is 2.17 bits per heavy atom. The molecule has 12 heavy (non-hydrogen) atoms. The Kier molecular flexibility index (Phi) is 6.39. The zero-order valence-corrected chi connectivity index (χ0v) is 9.01. The van der Waals surface area contributed by atoms with E-state index in [1.807, 2.05) is 0 Å². The Morgan fingerprint density at radius 1 is 1.25 bits per heavy atom. The minimum atomic E-state index is 0.662. The fourth-order valence-electron chi connectivity index (χ4n) is 1.48. The molecule has 0 heterocycles. The summed E-state index contributed by atoms with van der Waals surface area (Å²) in [5.41, 5.74) is 5.50. The maximum Gasteiger partial charge on any atom is 0.00385 e. The fourth-order valence-corrected chi connectivity index (χ4v) is 1.48. The van der Waals surface area contributed by atoms with Crippen molar-refractivity contribution in [1.29, 1.82) is 0 Å². The smallest absolute Gasteiger partial charge is 0.00385 e. The second-order valence-electron chi connectivity index (χ2n) is 3.86. The summed E-state index contributed by atoms with van der Waals surface area (Å²) in [7, 11) is 0. The van der Waals surface area contributed by atoms with Gasteiger partial charge in [0.05, 0.1) is 0 Å². The summed E-state index contributed by atoms with van der Waals surface area (Å²) in [6.45, 7) is 12.1. The molecular weight excluding hydrogens is 148 g/mol. The maximum absolute atomic E-state index is 5.50. The topological polar surface area (TPSA) is 29.3 Å². The molecule has 0 saturated carbocycles. The van der Waals surface area contributed by atoms with Crippen LogP contribution in [0.1, 0.15) is 34.1 Å². The highest BCUT2D eigenvalue weighted by molar-refractivity contribution is 4.65. The summed E-state index contributed by atoms with van der Waals surface area (Å²) in [6.07, 6.45) is 1.14. The number of hydrogen-bond donors (Lipinski definition) is 1. The largest absolute Gasteiger partial charge is 0.330 e. The van der Waals surface area contributed by atoms with Crippen molar-refractivity contribution < 1.29 is 0 Å². The van der Waals surface area contributed by atoms with Gasteiger partial charge < -0.3 is 10.6 Å². The Balaban J connectivity index is 3.69. The van der Waals surface area contributed by atoms with Gasteiger partial charge in [0, 0.05) is 12.6 Å². The lowest BCUT2D eigenvalue weighted by atomic mass is 10.1. The molecule has 2 nitrogen and oxygen atoms in total. The van der Waals surface area contributed by atoms with Gasteiger partial charge in [-0.1, -0.05) is 13.8 Å². The lowest BCUT2D eigenvalue weighted by Crippen LogP contribution is -2.34. The highest BCUT2D eigenvalue weighted by atomic mass is 15.1. The number of hydrogen-bond acceptors (Lipinski definition) is 2. The monoisotopic (exact) mass is 172 g/mol. The van der Waals surface area contributed by atoms with Crippen LogP contribution >= 0.6 is 0 Å². The van der Waals surface area contributed by atoms with Crippen molar-refractivity contribution in [3.8, 4) is 0 Å². The predicted octanol–water partition coefficient (Wildman–Crippen LogP) is 1.70.